The molecule has 0 saturated heterocycles. The van der Waals surface area contributed by atoms with Crippen molar-refractivity contribution in [3.05, 3.63) is 52.1 Å². The van der Waals surface area contributed by atoms with Gasteiger partial charge < -0.3 is 5.32 Å². The molecular weight excluding hydrogens is 358 g/mol. The van der Waals surface area contributed by atoms with Crippen LogP contribution in [0.25, 0.3) is 21.3 Å². The second-order valence-electron chi connectivity index (χ2n) is 7.09. The summed E-state index contributed by atoms with van der Waals surface area (Å²) >= 11 is 1.58. The number of amides is 1. The Kier molecular flexibility index (Phi) is 5.34. The minimum absolute atomic E-state index is 0.0431. The molecule has 1 saturated carbocycles. The standard InChI is InChI=1S/C21H23N3O2S/c25-19(22-15-8-3-1-2-4-9-15)14-24-21(26)17-11-6-5-10-16(17)20(23-24)18-12-7-13-27-18/h5-7,10-13,15H,1-4,8-9,14H2,(H,22,25). The van der Waals surface area contributed by atoms with Crippen LogP contribution in [-0.2, 0) is 11.3 Å². The number of nitrogens with zero attached hydrogens (tertiary/aromatic N) is 2. The number of carbonyl (C=O) groups excluding carboxylic acids is 1. The van der Waals surface area contributed by atoms with Crippen LogP contribution in [0.5, 0.6) is 0 Å². The molecule has 0 bridgehead atoms. The second-order valence-corrected chi connectivity index (χ2v) is 8.04. The van der Waals surface area contributed by atoms with E-state index in [9.17, 15) is 9.59 Å². The van der Waals surface area contributed by atoms with Crippen molar-refractivity contribution in [1.82, 2.24) is 15.1 Å². The van der Waals surface area contributed by atoms with Gasteiger partial charge in [-0.1, -0.05) is 49.9 Å². The molecule has 6 heteroatoms. The Bertz CT molecular complexity index is 986. The Labute approximate surface area is 162 Å². The molecule has 0 aliphatic heterocycles. The number of nitrogens with one attached hydrogen (secondary N) is 1. The predicted molar refractivity (Wildman–Crippen MR) is 109 cm³/mol. The third-order valence-corrected chi connectivity index (χ3v) is 6.01. The molecule has 1 aliphatic carbocycles. The Morgan fingerprint density at radius 1 is 1.07 bits per heavy atom. The van der Waals surface area contributed by atoms with E-state index in [-0.39, 0.29) is 24.1 Å². The summed E-state index contributed by atoms with van der Waals surface area (Å²) < 4.78 is 1.31. The van der Waals surface area contributed by atoms with E-state index in [4.69, 9.17) is 0 Å². The number of carbonyl (C=O) groups is 1. The number of benzene rings is 1. The highest BCUT2D eigenvalue weighted by Gasteiger charge is 2.18. The number of hydrogen-bond donors (Lipinski definition) is 1. The van der Waals surface area contributed by atoms with Gasteiger partial charge >= 0.3 is 0 Å². The van der Waals surface area contributed by atoms with Crippen molar-refractivity contribution in [3.63, 3.8) is 0 Å². The Hall–Kier alpha value is -2.47. The van der Waals surface area contributed by atoms with Crippen LogP contribution in [0.15, 0.2) is 46.6 Å². The van der Waals surface area contributed by atoms with Gasteiger partial charge in [-0.15, -0.1) is 11.3 Å². The zero-order chi connectivity index (χ0) is 18.6. The molecule has 0 spiro atoms. The van der Waals surface area contributed by atoms with Crippen molar-refractivity contribution in [3.8, 4) is 10.6 Å². The summed E-state index contributed by atoms with van der Waals surface area (Å²) in [6, 6.07) is 11.6. The lowest BCUT2D eigenvalue weighted by atomic mass is 10.1. The zero-order valence-electron chi connectivity index (χ0n) is 15.2. The molecule has 1 N–H and O–H groups in total. The summed E-state index contributed by atoms with van der Waals surface area (Å²) in [5.74, 6) is -0.135. The lowest BCUT2D eigenvalue weighted by Crippen LogP contribution is -2.39. The minimum atomic E-state index is -0.220. The van der Waals surface area contributed by atoms with Crippen molar-refractivity contribution < 1.29 is 4.79 Å². The van der Waals surface area contributed by atoms with Crippen molar-refractivity contribution in [2.75, 3.05) is 0 Å². The maximum absolute atomic E-state index is 12.9. The minimum Gasteiger partial charge on any atom is -0.352 e. The van der Waals surface area contributed by atoms with Gasteiger partial charge in [-0.25, -0.2) is 4.68 Å². The van der Waals surface area contributed by atoms with Crippen molar-refractivity contribution >= 4 is 28.0 Å². The summed E-state index contributed by atoms with van der Waals surface area (Å²) in [6.45, 7) is -0.0431. The molecule has 0 atom stereocenters. The number of aromatic nitrogens is 2. The molecule has 140 valence electrons. The number of thiophene rings is 1. The predicted octanol–water partition coefficient (Wildman–Crippen LogP) is 3.96. The average molecular weight is 382 g/mol. The topological polar surface area (TPSA) is 64.0 Å². The summed E-state index contributed by atoms with van der Waals surface area (Å²) in [5, 5.41) is 11.1. The van der Waals surface area contributed by atoms with Crippen LogP contribution < -0.4 is 10.9 Å². The fourth-order valence-electron chi connectivity index (χ4n) is 3.77. The van der Waals surface area contributed by atoms with Crippen LogP contribution in [0.2, 0.25) is 0 Å². The molecule has 0 unspecified atom stereocenters. The highest BCUT2D eigenvalue weighted by molar-refractivity contribution is 7.13. The summed E-state index contributed by atoms with van der Waals surface area (Å²) in [5.41, 5.74) is 0.532. The Morgan fingerprint density at radius 2 is 1.81 bits per heavy atom. The van der Waals surface area contributed by atoms with Gasteiger partial charge in [0.15, 0.2) is 0 Å². The molecule has 2 heterocycles. The monoisotopic (exact) mass is 381 g/mol. The van der Waals surface area contributed by atoms with E-state index < -0.39 is 0 Å². The van der Waals surface area contributed by atoms with Crippen LogP contribution in [0.3, 0.4) is 0 Å². The average Bonchev–Trinajstić information content (AvgIpc) is 3.09. The number of hydrogen-bond acceptors (Lipinski definition) is 4. The van der Waals surface area contributed by atoms with E-state index in [1.165, 1.54) is 17.5 Å². The lowest BCUT2D eigenvalue weighted by molar-refractivity contribution is -0.122. The highest BCUT2D eigenvalue weighted by atomic mass is 32.1. The maximum atomic E-state index is 12.9. The number of fused-ring (bicyclic) bond motifs is 1. The molecule has 1 fully saturated rings. The largest absolute Gasteiger partial charge is 0.352 e. The van der Waals surface area contributed by atoms with E-state index in [1.807, 2.05) is 35.7 Å². The third-order valence-electron chi connectivity index (χ3n) is 5.14. The molecule has 0 radical (unpaired) electrons. The van der Waals surface area contributed by atoms with E-state index in [2.05, 4.69) is 10.4 Å². The summed E-state index contributed by atoms with van der Waals surface area (Å²) in [7, 11) is 0. The first-order chi connectivity index (χ1) is 13.2. The zero-order valence-corrected chi connectivity index (χ0v) is 16.0. The Morgan fingerprint density at radius 3 is 2.52 bits per heavy atom. The first kappa shape index (κ1) is 17.9. The first-order valence-electron chi connectivity index (χ1n) is 9.55. The second kappa shape index (κ2) is 8.05. The molecule has 5 nitrogen and oxygen atoms in total. The van der Waals surface area contributed by atoms with Crippen molar-refractivity contribution in [1.29, 1.82) is 0 Å². The maximum Gasteiger partial charge on any atom is 0.275 e. The smallest absolute Gasteiger partial charge is 0.275 e. The Balaban J connectivity index is 1.64. The van der Waals surface area contributed by atoms with E-state index in [0.29, 0.717) is 5.39 Å². The fourth-order valence-corrected chi connectivity index (χ4v) is 4.49. The van der Waals surface area contributed by atoms with E-state index in [1.54, 1.807) is 17.4 Å². The molecule has 2 aromatic heterocycles. The molecule has 4 rings (SSSR count). The van der Waals surface area contributed by atoms with Gasteiger partial charge in [0.25, 0.3) is 5.56 Å². The van der Waals surface area contributed by atoms with E-state index >= 15 is 0 Å². The first-order valence-corrected chi connectivity index (χ1v) is 10.4. The number of rotatable bonds is 4. The quantitative estimate of drug-likeness (QED) is 0.696. The highest BCUT2D eigenvalue weighted by Crippen LogP contribution is 2.28. The summed E-state index contributed by atoms with van der Waals surface area (Å²) in [6.07, 6.45) is 6.83. The van der Waals surface area contributed by atoms with Crippen molar-refractivity contribution in [2.24, 2.45) is 0 Å². The fraction of sp³-hybridized carbons (Fsp3) is 0.381. The van der Waals surface area contributed by atoms with Crippen LogP contribution in [0.1, 0.15) is 38.5 Å². The van der Waals surface area contributed by atoms with Gasteiger partial charge in [0, 0.05) is 11.4 Å². The van der Waals surface area contributed by atoms with E-state index in [0.717, 1.165) is 41.6 Å². The van der Waals surface area contributed by atoms with Gasteiger partial charge in [0.2, 0.25) is 5.91 Å². The molecule has 1 aliphatic rings. The molecule has 1 amide bonds. The lowest BCUT2D eigenvalue weighted by Gasteiger charge is -2.17. The molecule has 3 aromatic rings. The molecule has 1 aromatic carbocycles. The van der Waals surface area contributed by atoms with Gasteiger partial charge in [-0.3, -0.25) is 9.59 Å². The van der Waals surface area contributed by atoms with Gasteiger partial charge in [-0.05, 0) is 30.4 Å². The van der Waals surface area contributed by atoms with Crippen LogP contribution in [0, 0.1) is 0 Å². The van der Waals surface area contributed by atoms with Crippen LogP contribution >= 0.6 is 11.3 Å². The SMILES string of the molecule is O=C(Cn1nc(-c2cccs2)c2ccccc2c1=O)NC1CCCCCC1. The van der Waals surface area contributed by atoms with Gasteiger partial charge in [0.1, 0.15) is 12.2 Å². The van der Waals surface area contributed by atoms with Gasteiger partial charge in [0.05, 0.1) is 10.3 Å². The summed E-state index contributed by atoms with van der Waals surface area (Å²) in [4.78, 5) is 26.4. The third kappa shape index (κ3) is 3.95. The molecular formula is C21H23N3O2S. The normalized spacial score (nSPS) is 15.6. The van der Waals surface area contributed by atoms with Crippen molar-refractivity contribution in [2.45, 2.75) is 51.1 Å². The molecule has 27 heavy (non-hydrogen) atoms. The van der Waals surface area contributed by atoms with Crippen LogP contribution in [0.4, 0.5) is 0 Å². The van der Waals surface area contributed by atoms with Gasteiger partial charge in [-0.2, -0.15) is 5.10 Å². The van der Waals surface area contributed by atoms with Crippen LogP contribution in [-0.4, -0.2) is 21.7 Å².